The van der Waals surface area contributed by atoms with E-state index in [4.69, 9.17) is 0 Å². The Labute approximate surface area is 114 Å². The predicted molar refractivity (Wildman–Crippen MR) is 74.7 cm³/mol. The smallest absolute Gasteiger partial charge is 0.237 e. The molecule has 0 saturated carbocycles. The fourth-order valence-corrected chi connectivity index (χ4v) is 2.17. The lowest BCUT2D eigenvalue weighted by Crippen LogP contribution is -2.50. The van der Waals surface area contributed by atoms with E-state index in [1.807, 2.05) is 19.1 Å². The quantitative estimate of drug-likeness (QED) is 0.758. The molecule has 104 valence electrons. The highest BCUT2D eigenvalue weighted by atomic mass is 16.3. The molecule has 2 atom stereocenters. The normalized spacial score (nSPS) is 21.3. The molecule has 2 rings (SSSR count). The van der Waals surface area contributed by atoms with Crippen LogP contribution < -0.4 is 10.6 Å². The topological polar surface area (TPSA) is 61.4 Å². The van der Waals surface area contributed by atoms with Crippen molar-refractivity contribution in [3.05, 3.63) is 35.4 Å². The van der Waals surface area contributed by atoms with Crippen LogP contribution in [0.5, 0.6) is 0 Å². The predicted octanol–water partition coefficient (Wildman–Crippen LogP) is 0.978. The Morgan fingerprint density at radius 3 is 2.84 bits per heavy atom. The molecule has 2 unspecified atom stereocenters. The molecule has 0 aromatic heterocycles. The Morgan fingerprint density at radius 2 is 2.16 bits per heavy atom. The molecular weight excluding hydrogens is 240 g/mol. The largest absolute Gasteiger partial charge is 0.388 e. The molecule has 1 heterocycles. The molecule has 1 aliphatic heterocycles. The first-order valence-electron chi connectivity index (χ1n) is 6.82. The van der Waals surface area contributed by atoms with Crippen molar-refractivity contribution in [1.82, 2.24) is 10.6 Å². The fourth-order valence-electron chi connectivity index (χ4n) is 2.17. The third-order valence-electron chi connectivity index (χ3n) is 3.80. The van der Waals surface area contributed by atoms with Gasteiger partial charge in [0.05, 0.1) is 11.6 Å². The van der Waals surface area contributed by atoms with Crippen molar-refractivity contribution in [2.24, 2.45) is 0 Å². The van der Waals surface area contributed by atoms with Crippen LogP contribution in [0.4, 0.5) is 0 Å². The van der Waals surface area contributed by atoms with Crippen molar-refractivity contribution in [2.45, 2.75) is 44.9 Å². The van der Waals surface area contributed by atoms with E-state index in [1.165, 1.54) is 11.1 Å². The summed E-state index contributed by atoms with van der Waals surface area (Å²) in [6, 6.07) is 7.96. The first-order valence-corrected chi connectivity index (χ1v) is 6.82. The second kappa shape index (κ2) is 5.72. The maximum Gasteiger partial charge on any atom is 0.237 e. The number of hydrogen-bond donors (Lipinski definition) is 3. The Bertz CT molecular complexity index is 457. The summed E-state index contributed by atoms with van der Waals surface area (Å²) in [6.07, 6.45) is 1.32. The zero-order chi connectivity index (χ0) is 13.9. The number of carbonyl (C=O) groups is 1. The van der Waals surface area contributed by atoms with Gasteiger partial charge < -0.3 is 15.7 Å². The van der Waals surface area contributed by atoms with E-state index >= 15 is 0 Å². The maximum atomic E-state index is 12.1. The summed E-state index contributed by atoms with van der Waals surface area (Å²) >= 11 is 0. The molecule has 1 aromatic carbocycles. The molecular formula is C15H22N2O2. The van der Waals surface area contributed by atoms with Gasteiger partial charge in [-0.3, -0.25) is 4.79 Å². The average molecular weight is 262 g/mol. The van der Waals surface area contributed by atoms with Crippen LogP contribution in [-0.2, 0) is 17.8 Å². The molecule has 4 heteroatoms. The summed E-state index contributed by atoms with van der Waals surface area (Å²) in [7, 11) is 0. The number of fused-ring (bicyclic) bond motifs is 1. The van der Waals surface area contributed by atoms with Gasteiger partial charge >= 0.3 is 0 Å². The number of benzene rings is 1. The zero-order valence-electron chi connectivity index (χ0n) is 11.6. The minimum Gasteiger partial charge on any atom is -0.388 e. The molecule has 0 aliphatic carbocycles. The second-order valence-corrected chi connectivity index (χ2v) is 5.47. The van der Waals surface area contributed by atoms with Gasteiger partial charge in [-0.05, 0) is 30.9 Å². The summed E-state index contributed by atoms with van der Waals surface area (Å²) < 4.78 is 0. The summed E-state index contributed by atoms with van der Waals surface area (Å²) in [5.41, 5.74) is 1.65. The lowest BCUT2D eigenvalue weighted by molar-refractivity contribution is -0.124. The minimum atomic E-state index is -0.831. The number of amides is 1. The zero-order valence-corrected chi connectivity index (χ0v) is 11.6. The van der Waals surface area contributed by atoms with E-state index in [0.29, 0.717) is 19.4 Å². The number of carbonyl (C=O) groups excluding carboxylic acids is 1. The Balaban J connectivity index is 1.92. The molecule has 0 saturated heterocycles. The summed E-state index contributed by atoms with van der Waals surface area (Å²) in [4.78, 5) is 12.1. The molecule has 0 spiro atoms. The fraction of sp³-hybridized carbons (Fsp3) is 0.533. The monoisotopic (exact) mass is 262 g/mol. The number of aliphatic hydroxyl groups is 1. The van der Waals surface area contributed by atoms with Gasteiger partial charge in [0.2, 0.25) is 5.91 Å². The highest BCUT2D eigenvalue weighted by Gasteiger charge is 2.25. The standard InChI is InChI=1S/C15H22N2O2/c1-3-15(2,19)10-17-14(18)13-8-11-6-4-5-7-12(11)9-16-13/h4-7,13,16,19H,3,8-10H2,1-2H3,(H,17,18). The van der Waals surface area contributed by atoms with Crippen LogP contribution >= 0.6 is 0 Å². The maximum absolute atomic E-state index is 12.1. The SMILES string of the molecule is CCC(C)(O)CNC(=O)C1Cc2ccccc2CN1. The highest BCUT2D eigenvalue weighted by molar-refractivity contribution is 5.82. The Morgan fingerprint density at radius 1 is 1.47 bits per heavy atom. The molecule has 1 amide bonds. The van der Waals surface area contributed by atoms with Crippen molar-refractivity contribution < 1.29 is 9.90 Å². The third-order valence-corrected chi connectivity index (χ3v) is 3.80. The highest BCUT2D eigenvalue weighted by Crippen LogP contribution is 2.16. The molecule has 1 aliphatic rings. The molecule has 19 heavy (non-hydrogen) atoms. The molecule has 4 nitrogen and oxygen atoms in total. The summed E-state index contributed by atoms with van der Waals surface area (Å²) in [5.74, 6) is -0.0387. The van der Waals surface area contributed by atoms with Crippen molar-refractivity contribution in [3.63, 3.8) is 0 Å². The molecule has 0 bridgehead atoms. The first kappa shape index (κ1) is 14.0. The van der Waals surface area contributed by atoms with Crippen LogP contribution in [0.3, 0.4) is 0 Å². The summed E-state index contributed by atoms with van der Waals surface area (Å²) in [5, 5.41) is 16.0. The van der Waals surface area contributed by atoms with Crippen LogP contribution in [0.2, 0.25) is 0 Å². The van der Waals surface area contributed by atoms with Gasteiger partial charge in [-0.2, -0.15) is 0 Å². The molecule has 3 N–H and O–H groups in total. The van der Waals surface area contributed by atoms with Gasteiger partial charge in [-0.1, -0.05) is 31.2 Å². The van der Waals surface area contributed by atoms with Crippen LogP contribution in [-0.4, -0.2) is 29.2 Å². The number of nitrogens with one attached hydrogen (secondary N) is 2. The third kappa shape index (κ3) is 3.55. The van der Waals surface area contributed by atoms with E-state index < -0.39 is 5.60 Å². The molecule has 0 radical (unpaired) electrons. The lowest BCUT2D eigenvalue weighted by Gasteiger charge is -2.27. The van der Waals surface area contributed by atoms with Gasteiger partial charge in [0.15, 0.2) is 0 Å². The molecule has 0 fully saturated rings. The number of hydrogen-bond acceptors (Lipinski definition) is 3. The van der Waals surface area contributed by atoms with Crippen molar-refractivity contribution in [1.29, 1.82) is 0 Å². The first-order chi connectivity index (χ1) is 9.02. The Kier molecular flexibility index (Phi) is 4.22. The van der Waals surface area contributed by atoms with E-state index in [2.05, 4.69) is 22.8 Å². The van der Waals surface area contributed by atoms with E-state index in [9.17, 15) is 9.90 Å². The van der Waals surface area contributed by atoms with Gasteiger partial charge in [-0.15, -0.1) is 0 Å². The number of rotatable bonds is 4. The van der Waals surface area contributed by atoms with E-state index in [1.54, 1.807) is 6.92 Å². The van der Waals surface area contributed by atoms with Crippen LogP contribution in [0.1, 0.15) is 31.4 Å². The van der Waals surface area contributed by atoms with Gasteiger partial charge in [0.1, 0.15) is 0 Å². The average Bonchev–Trinajstić information content (AvgIpc) is 2.44. The van der Waals surface area contributed by atoms with Crippen molar-refractivity contribution in [3.8, 4) is 0 Å². The van der Waals surface area contributed by atoms with Gasteiger partial charge in [-0.25, -0.2) is 0 Å². The van der Waals surface area contributed by atoms with Gasteiger partial charge in [0, 0.05) is 13.1 Å². The summed E-state index contributed by atoms with van der Waals surface area (Å²) in [6.45, 7) is 4.65. The van der Waals surface area contributed by atoms with E-state index in [-0.39, 0.29) is 11.9 Å². The van der Waals surface area contributed by atoms with Crippen LogP contribution in [0.15, 0.2) is 24.3 Å². The van der Waals surface area contributed by atoms with Crippen LogP contribution in [0.25, 0.3) is 0 Å². The lowest BCUT2D eigenvalue weighted by atomic mass is 9.95. The van der Waals surface area contributed by atoms with Crippen molar-refractivity contribution >= 4 is 5.91 Å². The van der Waals surface area contributed by atoms with Crippen LogP contribution in [0, 0.1) is 0 Å². The minimum absolute atomic E-state index is 0.0387. The van der Waals surface area contributed by atoms with Crippen molar-refractivity contribution in [2.75, 3.05) is 6.54 Å². The van der Waals surface area contributed by atoms with Gasteiger partial charge in [0.25, 0.3) is 0 Å². The van der Waals surface area contributed by atoms with E-state index in [0.717, 1.165) is 6.54 Å². The molecule has 1 aromatic rings. The second-order valence-electron chi connectivity index (χ2n) is 5.47. The Hall–Kier alpha value is -1.39.